The number of carbonyl (C=O) groups excluding carboxylic acids is 1. The molecule has 1 aromatic carbocycles. The SMILES string of the molecule is CCC(=O)N1CCc2cc(Br)c(S(=O)(=O)N3CCC[C@@H]3c3cccs3)cc21. The van der Waals surface area contributed by atoms with Crippen molar-refractivity contribution in [2.75, 3.05) is 18.0 Å². The molecule has 0 unspecified atom stereocenters. The van der Waals surface area contributed by atoms with Crippen molar-refractivity contribution < 1.29 is 13.2 Å². The van der Waals surface area contributed by atoms with Crippen molar-refractivity contribution in [2.45, 2.75) is 43.5 Å². The summed E-state index contributed by atoms with van der Waals surface area (Å²) in [5.74, 6) is 0.0251. The molecule has 1 saturated heterocycles. The normalized spacial score (nSPS) is 20.2. The van der Waals surface area contributed by atoms with Crippen LogP contribution in [0.5, 0.6) is 0 Å². The molecule has 1 fully saturated rings. The summed E-state index contributed by atoms with van der Waals surface area (Å²) in [6, 6.07) is 7.40. The third-order valence-corrected chi connectivity index (χ3v) is 9.13. The van der Waals surface area contributed by atoms with Crippen LogP contribution in [0.15, 0.2) is 39.0 Å². The predicted molar refractivity (Wildman–Crippen MR) is 111 cm³/mol. The highest BCUT2D eigenvalue weighted by Gasteiger charge is 2.38. The van der Waals surface area contributed by atoms with Crippen molar-refractivity contribution in [1.29, 1.82) is 0 Å². The van der Waals surface area contributed by atoms with Gasteiger partial charge in [-0.3, -0.25) is 4.79 Å². The average Bonchev–Trinajstić information content (AvgIpc) is 3.38. The molecule has 3 heterocycles. The van der Waals surface area contributed by atoms with Crippen LogP contribution >= 0.6 is 27.3 Å². The van der Waals surface area contributed by atoms with Gasteiger partial charge in [0.2, 0.25) is 15.9 Å². The van der Waals surface area contributed by atoms with Gasteiger partial charge in [-0.1, -0.05) is 13.0 Å². The first-order valence-electron chi connectivity index (χ1n) is 9.11. The minimum atomic E-state index is -3.67. The summed E-state index contributed by atoms with van der Waals surface area (Å²) < 4.78 is 29.2. The van der Waals surface area contributed by atoms with Gasteiger partial charge in [0.15, 0.2) is 0 Å². The lowest BCUT2D eigenvalue weighted by atomic mass is 10.2. The lowest BCUT2D eigenvalue weighted by Gasteiger charge is -2.25. The van der Waals surface area contributed by atoms with Gasteiger partial charge in [-0.2, -0.15) is 4.31 Å². The molecule has 4 rings (SSSR count). The van der Waals surface area contributed by atoms with E-state index >= 15 is 0 Å². The number of hydrogen-bond acceptors (Lipinski definition) is 4. The number of rotatable bonds is 4. The minimum absolute atomic E-state index is 0.0251. The first-order valence-corrected chi connectivity index (χ1v) is 12.2. The second-order valence-corrected chi connectivity index (χ2v) is 10.5. The first kappa shape index (κ1) is 19.1. The average molecular weight is 469 g/mol. The number of benzene rings is 1. The summed E-state index contributed by atoms with van der Waals surface area (Å²) in [5, 5.41) is 1.98. The van der Waals surface area contributed by atoms with Crippen molar-refractivity contribution in [2.24, 2.45) is 0 Å². The number of hydrogen-bond donors (Lipinski definition) is 0. The number of sulfonamides is 1. The van der Waals surface area contributed by atoms with Crippen LogP contribution < -0.4 is 4.90 Å². The number of anilines is 1. The summed E-state index contributed by atoms with van der Waals surface area (Å²) in [6.45, 7) is 2.96. The van der Waals surface area contributed by atoms with Gasteiger partial charge >= 0.3 is 0 Å². The summed E-state index contributed by atoms with van der Waals surface area (Å²) in [7, 11) is -3.67. The van der Waals surface area contributed by atoms with Gasteiger partial charge in [0, 0.05) is 34.5 Å². The van der Waals surface area contributed by atoms with E-state index < -0.39 is 10.0 Å². The number of fused-ring (bicyclic) bond motifs is 1. The maximum absolute atomic E-state index is 13.5. The molecule has 0 spiro atoms. The number of carbonyl (C=O) groups is 1. The molecule has 144 valence electrons. The molecule has 1 aromatic heterocycles. The van der Waals surface area contributed by atoms with Crippen LogP contribution in [-0.2, 0) is 21.2 Å². The zero-order valence-corrected chi connectivity index (χ0v) is 18.2. The van der Waals surface area contributed by atoms with E-state index in [2.05, 4.69) is 15.9 Å². The molecule has 0 bridgehead atoms. The number of nitrogens with zero attached hydrogens (tertiary/aromatic N) is 2. The topological polar surface area (TPSA) is 57.7 Å². The van der Waals surface area contributed by atoms with E-state index in [-0.39, 0.29) is 16.8 Å². The van der Waals surface area contributed by atoms with Gasteiger partial charge in [0.05, 0.1) is 10.9 Å². The minimum Gasteiger partial charge on any atom is -0.312 e. The van der Waals surface area contributed by atoms with Gasteiger partial charge in [0.1, 0.15) is 0 Å². The van der Waals surface area contributed by atoms with E-state index in [4.69, 9.17) is 0 Å². The molecule has 0 N–H and O–H groups in total. The Kier molecular flexibility index (Phi) is 5.18. The largest absolute Gasteiger partial charge is 0.312 e. The Bertz CT molecular complexity index is 973. The van der Waals surface area contributed by atoms with Crippen LogP contribution in [0.3, 0.4) is 0 Å². The maximum atomic E-state index is 13.5. The van der Waals surface area contributed by atoms with Crippen LogP contribution in [0.4, 0.5) is 5.69 Å². The van der Waals surface area contributed by atoms with Crippen molar-refractivity contribution in [1.82, 2.24) is 4.31 Å². The Labute approximate surface area is 172 Å². The molecule has 8 heteroatoms. The predicted octanol–water partition coefficient (Wildman–Crippen LogP) is 4.34. The van der Waals surface area contributed by atoms with Crippen LogP contribution in [0, 0.1) is 0 Å². The lowest BCUT2D eigenvalue weighted by Crippen LogP contribution is -2.31. The van der Waals surface area contributed by atoms with Gasteiger partial charge in [-0.25, -0.2) is 8.42 Å². The molecular weight excluding hydrogens is 448 g/mol. The highest BCUT2D eigenvalue weighted by atomic mass is 79.9. The van der Waals surface area contributed by atoms with Crippen LogP contribution in [0.25, 0.3) is 0 Å². The molecule has 27 heavy (non-hydrogen) atoms. The fourth-order valence-electron chi connectivity index (χ4n) is 3.96. The Morgan fingerprint density at radius 3 is 2.85 bits per heavy atom. The lowest BCUT2D eigenvalue weighted by molar-refractivity contribution is -0.118. The number of amides is 1. The molecule has 1 amide bonds. The quantitative estimate of drug-likeness (QED) is 0.670. The Morgan fingerprint density at radius 1 is 1.33 bits per heavy atom. The Balaban J connectivity index is 1.75. The zero-order chi connectivity index (χ0) is 19.2. The van der Waals surface area contributed by atoms with Crippen molar-refractivity contribution in [3.63, 3.8) is 0 Å². The van der Waals surface area contributed by atoms with Crippen LogP contribution in [-0.4, -0.2) is 31.7 Å². The summed E-state index contributed by atoms with van der Waals surface area (Å²) in [6.07, 6.45) is 2.85. The Morgan fingerprint density at radius 2 is 2.15 bits per heavy atom. The van der Waals surface area contributed by atoms with E-state index in [0.29, 0.717) is 24.0 Å². The third kappa shape index (κ3) is 3.26. The monoisotopic (exact) mass is 468 g/mol. The Hall–Kier alpha value is -1.22. The molecule has 2 aromatic rings. The fourth-order valence-corrected chi connectivity index (χ4v) is 7.64. The van der Waals surface area contributed by atoms with E-state index in [1.54, 1.807) is 26.6 Å². The third-order valence-electron chi connectivity index (χ3n) is 5.29. The highest BCUT2D eigenvalue weighted by Crippen LogP contribution is 2.42. The highest BCUT2D eigenvalue weighted by molar-refractivity contribution is 9.10. The summed E-state index contributed by atoms with van der Waals surface area (Å²) in [4.78, 5) is 15.3. The molecular formula is C19H21BrN2O3S2. The van der Waals surface area contributed by atoms with Gasteiger partial charge in [-0.15, -0.1) is 11.3 Å². The van der Waals surface area contributed by atoms with E-state index in [1.165, 1.54) is 0 Å². The van der Waals surface area contributed by atoms with Crippen molar-refractivity contribution >= 4 is 48.9 Å². The molecule has 5 nitrogen and oxygen atoms in total. The van der Waals surface area contributed by atoms with E-state index in [9.17, 15) is 13.2 Å². The second-order valence-electron chi connectivity index (χ2n) is 6.85. The second kappa shape index (κ2) is 7.31. The van der Waals surface area contributed by atoms with Crippen molar-refractivity contribution in [3.05, 3.63) is 44.6 Å². The van der Waals surface area contributed by atoms with E-state index in [1.807, 2.05) is 30.5 Å². The van der Waals surface area contributed by atoms with E-state index in [0.717, 1.165) is 35.4 Å². The molecule has 0 radical (unpaired) electrons. The first-order chi connectivity index (χ1) is 12.9. The van der Waals surface area contributed by atoms with Gasteiger partial charge in [0.25, 0.3) is 0 Å². The van der Waals surface area contributed by atoms with Crippen LogP contribution in [0.2, 0.25) is 0 Å². The molecule has 2 aliphatic rings. The van der Waals surface area contributed by atoms with Gasteiger partial charge < -0.3 is 4.90 Å². The smallest absolute Gasteiger partial charge is 0.244 e. The maximum Gasteiger partial charge on any atom is 0.244 e. The van der Waals surface area contributed by atoms with Gasteiger partial charge in [-0.05, 0) is 64.3 Å². The molecule has 1 atom stereocenters. The number of halogens is 1. The molecule has 0 saturated carbocycles. The number of thiophene rings is 1. The van der Waals surface area contributed by atoms with Crippen molar-refractivity contribution in [3.8, 4) is 0 Å². The summed E-state index contributed by atoms with van der Waals surface area (Å²) >= 11 is 5.06. The fraction of sp³-hybridized carbons (Fsp3) is 0.421. The zero-order valence-electron chi connectivity index (χ0n) is 15.0. The molecule has 2 aliphatic heterocycles. The molecule has 0 aliphatic carbocycles. The van der Waals surface area contributed by atoms with Crippen LogP contribution in [0.1, 0.15) is 42.7 Å². The standard InChI is InChI=1S/C19H21BrN2O3S2/c1-2-19(23)21-9-7-13-11-14(20)18(12-16(13)21)27(24,25)22-8-3-5-15(22)17-6-4-10-26-17/h4,6,10-12,15H,2-3,5,7-9H2,1H3/t15-/m1/s1. The summed E-state index contributed by atoms with van der Waals surface area (Å²) in [5.41, 5.74) is 1.74.